The first-order valence-electron chi connectivity index (χ1n) is 6.33. The molecule has 0 radical (unpaired) electrons. The van der Waals surface area contributed by atoms with Gasteiger partial charge in [0.1, 0.15) is 0 Å². The molecule has 2 aromatic carbocycles. The number of benzene rings is 2. The van der Waals surface area contributed by atoms with Gasteiger partial charge in [-0.1, -0.05) is 24.3 Å². The number of aromatic carboxylic acids is 2. The molecule has 0 saturated heterocycles. The molecule has 0 fully saturated rings. The minimum Gasteiger partial charge on any atom is -0.478 e. The first-order chi connectivity index (χ1) is 10.4. The lowest BCUT2D eigenvalue weighted by Gasteiger charge is -2.09. The molecule has 0 bridgehead atoms. The van der Waals surface area contributed by atoms with Crippen LogP contribution in [0.25, 0.3) is 11.4 Å². The lowest BCUT2D eigenvalue weighted by molar-refractivity contribution is 0.0686. The maximum atomic E-state index is 10.8. The van der Waals surface area contributed by atoms with E-state index in [1.54, 1.807) is 24.3 Å². The van der Waals surface area contributed by atoms with Crippen molar-refractivity contribution in [2.75, 3.05) is 0 Å². The number of nitrogens with two attached hydrogens (primary N) is 2. The highest BCUT2D eigenvalue weighted by Crippen LogP contribution is 2.19. The summed E-state index contributed by atoms with van der Waals surface area (Å²) in [5.74, 6) is -2.04. The van der Waals surface area contributed by atoms with Crippen LogP contribution in [0.1, 0.15) is 31.8 Å². The predicted octanol–water partition coefficient (Wildman–Crippen LogP) is 1.83. The number of hydrogen-bond acceptors (Lipinski definition) is 4. The van der Waals surface area contributed by atoms with Gasteiger partial charge in [0.15, 0.2) is 0 Å². The third kappa shape index (κ3) is 3.06. The fraction of sp³-hybridized carbons (Fsp3) is 0. The predicted molar refractivity (Wildman–Crippen MR) is 82.0 cm³/mol. The quantitative estimate of drug-likeness (QED) is 0.638. The van der Waals surface area contributed by atoms with Gasteiger partial charge in [0.05, 0.1) is 22.5 Å². The van der Waals surface area contributed by atoms with Gasteiger partial charge in [-0.2, -0.15) is 0 Å². The molecule has 0 aromatic heterocycles. The first-order valence-corrected chi connectivity index (χ1v) is 6.33. The van der Waals surface area contributed by atoms with Crippen molar-refractivity contribution in [1.82, 2.24) is 0 Å². The number of carboxylic acid groups (broad SMARTS) is 2. The highest BCUT2D eigenvalue weighted by molar-refractivity contribution is 5.92. The maximum absolute atomic E-state index is 10.8. The SMILES string of the molecule is NC(=C(N)c1ccc(C(=O)O)cc1)c1ccc(C(=O)O)cc1. The average molecular weight is 298 g/mol. The van der Waals surface area contributed by atoms with Crippen LogP contribution in [0.5, 0.6) is 0 Å². The number of hydrogen-bond donors (Lipinski definition) is 4. The van der Waals surface area contributed by atoms with E-state index in [0.717, 1.165) is 0 Å². The number of rotatable bonds is 4. The second kappa shape index (κ2) is 6.01. The molecule has 0 unspecified atom stereocenters. The van der Waals surface area contributed by atoms with Gasteiger partial charge in [-0.3, -0.25) is 0 Å². The molecule has 22 heavy (non-hydrogen) atoms. The van der Waals surface area contributed by atoms with E-state index in [9.17, 15) is 9.59 Å². The molecule has 112 valence electrons. The molecule has 0 aliphatic rings. The third-order valence-corrected chi connectivity index (χ3v) is 3.18. The molecule has 2 aromatic rings. The molecule has 0 spiro atoms. The molecule has 0 atom stereocenters. The van der Waals surface area contributed by atoms with E-state index >= 15 is 0 Å². The van der Waals surface area contributed by atoms with E-state index in [0.29, 0.717) is 22.5 Å². The standard InChI is InChI=1S/C16H14N2O4/c17-13(9-1-5-11(6-2-9)15(19)20)14(18)10-3-7-12(8-4-10)16(21)22/h1-8H,17-18H2,(H,19,20)(H,21,22). The van der Waals surface area contributed by atoms with E-state index in [1.165, 1.54) is 24.3 Å². The van der Waals surface area contributed by atoms with Gasteiger partial charge in [-0.15, -0.1) is 0 Å². The molecular formula is C16H14N2O4. The van der Waals surface area contributed by atoms with E-state index in [-0.39, 0.29) is 11.1 Å². The summed E-state index contributed by atoms with van der Waals surface area (Å²) in [5, 5.41) is 17.7. The molecule has 0 saturated carbocycles. The largest absolute Gasteiger partial charge is 0.478 e. The second-order valence-corrected chi connectivity index (χ2v) is 4.59. The minimum atomic E-state index is -1.02. The summed E-state index contributed by atoms with van der Waals surface area (Å²) in [6.07, 6.45) is 0. The molecule has 0 heterocycles. The zero-order valence-corrected chi connectivity index (χ0v) is 11.5. The Morgan fingerprint density at radius 1 is 0.591 bits per heavy atom. The van der Waals surface area contributed by atoms with Crippen LogP contribution in [0.4, 0.5) is 0 Å². The summed E-state index contributed by atoms with van der Waals surface area (Å²) >= 11 is 0. The first kappa shape index (κ1) is 15.1. The van der Waals surface area contributed by atoms with Crippen molar-refractivity contribution in [3.63, 3.8) is 0 Å². The van der Waals surface area contributed by atoms with Gasteiger partial charge >= 0.3 is 11.9 Å². The fourth-order valence-corrected chi connectivity index (χ4v) is 1.90. The molecule has 0 aliphatic heterocycles. The zero-order chi connectivity index (χ0) is 16.3. The van der Waals surface area contributed by atoms with Crippen molar-refractivity contribution >= 4 is 23.3 Å². The monoisotopic (exact) mass is 298 g/mol. The highest BCUT2D eigenvalue weighted by atomic mass is 16.4. The molecule has 0 amide bonds. The summed E-state index contributed by atoms with van der Waals surface area (Å²) in [6.45, 7) is 0. The lowest BCUT2D eigenvalue weighted by atomic mass is 10.0. The molecular weight excluding hydrogens is 284 g/mol. The van der Waals surface area contributed by atoms with Crippen molar-refractivity contribution in [3.05, 3.63) is 70.8 Å². The van der Waals surface area contributed by atoms with Crippen LogP contribution in [0.2, 0.25) is 0 Å². The van der Waals surface area contributed by atoms with E-state index in [1.807, 2.05) is 0 Å². The number of carboxylic acids is 2. The summed E-state index contributed by atoms with van der Waals surface area (Å²) in [7, 11) is 0. The van der Waals surface area contributed by atoms with Gasteiger partial charge in [0.25, 0.3) is 0 Å². The Hall–Kier alpha value is -3.28. The van der Waals surface area contributed by atoms with E-state index in [4.69, 9.17) is 21.7 Å². The van der Waals surface area contributed by atoms with Gasteiger partial charge in [-0.05, 0) is 35.4 Å². The minimum absolute atomic E-state index is 0.154. The normalized spacial score (nSPS) is 11.6. The van der Waals surface area contributed by atoms with Gasteiger partial charge < -0.3 is 21.7 Å². The van der Waals surface area contributed by atoms with Gasteiger partial charge in [-0.25, -0.2) is 9.59 Å². The highest BCUT2D eigenvalue weighted by Gasteiger charge is 2.08. The van der Waals surface area contributed by atoms with Crippen LogP contribution in [-0.4, -0.2) is 22.2 Å². The fourth-order valence-electron chi connectivity index (χ4n) is 1.90. The van der Waals surface area contributed by atoms with Gasteiger partial charge in [0.2, 0.25) is 0 Å². The Morgan fingerprint density at radius 3 is 1.05 bits per heavy atom. The Kier molecular flexibility index (Phi) is 4.13. The van der Waals surface area contributed by atoms with Crippen LogP contribution in [-0.2, 0) is 0 Å². The van der Waals surface area contributed by atoms with Crippen LogP contribution < -0.4 is 11.5 Å². The average Bonchev–Trinajstić information content (AvgIpc) is 2.53. The van der Waals surface area contributed by atoms with E-state index in [2.05, 4.69) is 0 Å². The Labute approximate surface area is 126 Å². The van der Waals surface area contributed by atoms with Gasteiger partial charge in [0, 0.05) is 0 Å². The Balaban J connectivity index is 2.35. The summed E-state index contributed by atoms with van der Waals surface area (Å²) in [5.41, 5.74) is 14.0. The summed E-state index contributed by atoms with van der Waals surface area (Å²) in [4.78, 5) is 21.6. The molecule has 6 heteroatoms. The van der Waals surface area contributed by atoms with Crippen LogP contribution >= 0.6 is 0 Å². The van der Waals surface area contributed by atoms with Crippen LogP contribution in [0, 0.1) is 0 Å². The molecule has 0 aliphatic carbocycles. The number of carbonyl (C=O) groups is 2. The molecule has 2 rings (SSSR count). The van der Waals surface area contributed by atoms with Crippen LogP contribution in [0.15, 0.2) is 48.5 Å². The second-order valence-electron chi connectivity index (χ2n) is 4.59. The topological polar surface area (TPSA) is 127 Å². The summed E-state index contributed by atoms with van der Waals surface area (Å²) < 4.78 is 0. The Morgan fingerprint density at radius 2 is 0.818 bits per heavy atom. The Bertz CT molecular complexity index is 681. The van der Waals surface area contributed by atoms with Crippen LogP contribution in [0.3, 0.4) is 0 Å². The third-order valence-electron chi connectivity index (χ3n) is 3.18. The van der Waals surface area contributed by atoms with Crippen molar-refractivity contribution in [3.8, 4) is 0 Å². The maximum Gasteiger partial charge on any atom is 0.335 e. The van der Waals surface area contributed by atoms with Crippen molar-refractivity contribution < 1.29 is 19.8 Å². The summed E-state index contributed by atoms with van der Waals surface area (Å²) in [6, 6.07) is 12.0. The lowest BCUT2D eigenvalue weighted by Crippen LogP contribution is -2.08. The van der Waals surface area contributed by atoms with Crippen molar-refractivity contribution in [1.29, 1.82) is 0 Å². The molecule has 6 N–H and O–H groups in total. The van der Waals surface area contributed by atoms with Crippen molar-refractivity contribution in [2.24, 2.45) is 11.5 Å². The van der Waals surface area contributed by atoms with Crippen molar-refractivity contribution in [2.45, 2.75) is 0 Å². The smallest absolute Gasteiger partial charge is 0.335 e. The molecule has 6 nitrogen and oxygen atoms in total. The zero-order valence-electron chi connectivity index (χ0n) is 11.5. The van der Waals surface area contributed by atoms with E-state index < -0.39 is 11.9 Å².